The van der Waals surface area contributed by atoms with Gasteiger partial charge in [-0.05, 0) is 13.8 Å². The fourth-order valence-electron chi connectivity index (χ4n) is 0.787. The average molecular weight is 206 g/mol. The molecule has 0 aliphatic heterocycles. The Labute approximate surface area is 80.1 Å². The Morgan fingerprint density at radius 3 is 2.77 bits per heavy atom. The minimum atomic E-state index is -0.838. The highest BCUT2D eigenvalue weighted by molar-refractivity contribution is 6.29. The van der Waals surface area contributed by atoms with E-state index in [1.165, 1.54) is 0 Å². The lowest BCUT2D eigenvalue weighted by Crippen LogP contribution is -2.07. The standard InChI is InChI=1S/C8H9ClFNO2/c1-4(2)13-7-5(12)3-11-8(9)6(7)10/h3-4,12H,1-2H3. The van der Waals surface area contributed by atoms with Crippen molar-refractivity contribution in [3.05, 3.63) is 17.2 Å². The summed E-state index contributed by atoms with van der Waals surface area (Å²) in [5.41, 5.74) is 0. The van der Waals surface area contributed by atoms with Crippen LogP contribution in [0.4, 0.5) is 4.39 Å². The van der Waals surface area contributed by atoms with Gasteiger partial charge in [-0.3, -0.25) is 0 Å². The largest absolute Gasteiger partial charge is 0.503 e. The quantitative estimate of drug-likeness (QED) is 0.754. The number of nitrogens with zero attached hydrogens (tertiary/aromatic N) is 1. The zero-order valence-electron chi connectivity index (χ0n) is 7.21. The van der Waals surface area contributed by atoms with Crippen LogP contribution in [0.25, 0.3) is 0 Å². The predicted molar refractivity (Wildman–Crippen MR) is 46.6 cm³/mol. The summed E-state index contributed by atoms with van der Waals surface area (Å²) in [6.45, 7) is 3.43. The first-order valence-corrected chi connectivity index (χ1v) is 4.09. The number of halogens is 2. The molecular formula is C8H9ClFNO2. The topological polar surface area (TPSA) is 42.4 Å². The van der Waals surface area contributed by atoms with Crippen molar-refractivity contribution in [2.24, 2.45) is 0 Å². The first kappa shape index (κ1) is 10.1. The Morgan fingerprint density at radius 2 is 2.23 bits per heavy atom. The van der Waals surface area contributed by atoms with E-state index in [9.17, 15) is 9.50 Å². The highest BCUT2D eigenvalue weighted by Gasteiger charge is 2.15. The highest BCUT2D eigenvalue weighted by Crippen LogP contribution is 2.32. The number of aromatic hydroxyl groups is 1. The van der Waals surface area contributed by atoms with Crippen molar-refractivity contribution in [3.8, 4) is 11.5 Å². The number of aromatic nitrogens is 1. The summed E-state index contributed by atoms with van der Waals surface area (Å²) < 4.78 is 18.2. The molecule has 0 saturated heterocycles. The van der Waals surface area contributed by atoms with Crippen molar-refractivity contribution in [3.63, 3.8) is 0 Å². The van der Waals surface area contributed by atoms with Crippen LogP contribution in [-0.4, -0.2) is 16.2 Å². The van der Waals surface area contributed by atoms with E-state index in [1.54, 1.807) is 13.8 Å². The lowest BCUT2D eigenvalue weighted by atomic mass is 10.4. The van der Waals surface area contributed by atoms with Gasteiger partial charge >= 0.3 is 0 Å². The zero-order valence-corrected chi connectivity index (χ0v) is 7.97. The van der Waals surface area contributed by atoms with Gasteiger partial charge in [0.2, 0.25) is 11.6 Å². The van der Waals surface area contributed by atoms with E-state index in [2.05, 4.69) is 4.98 Å². The van der Waals surface area contributed by atoms with Gasteiger partial charge in [0.25, 0.3) is 0 Å². The molecule has 0 bridgehead atoms. The number of rotatable bonds is 2. The van der Waals surface area contributed by atoms with E-state index in [4.69, 9.17) is 16.3 Å². The first-order valence-electron chi connectivity index (χ1n) is 3.72. The minimum Gasteiger partial charge on any atom is -0.503 e. The fraction of sp³-hybridized carbons (Fsp3) is 0.375. The molecule has 0 saturated carbocycles. The molecule has 1 heterocycles. The van der Waals surface area contributed by atoms with Crippen LogP contribution in [0.5, 0.6) is 11.5 Å². The van der Waals surface area contributed by atoms with Crippen LogP contribution in [-0.2, 0) is 0 Å². The second-order valence-electron chi connectivity index (χ2n) is 2.74. The van der Waals surface area contributed by atoms with Crippen LogP contribution in [0.3, 0.4) is 0 Å². The zero-order chi connectivity index (χ0) is 10.0. The molecular weight excluding hydrogens is 197 g/mol. The highest BCUT2D eigenvalue weighted by atomic mass is 35.5. The summed E-state index contributed by atoms with van der Waals surface area (Å²) in [6.07, 6.45) is 0.808. The molecule has 1 rings (SSSR count). The Kier molecular flexibility index (Phi) is 2.93. The van der Waals surface area contributed by atoms with Crippen molar-refractivity contribution in [2.45, 2.75) is 20.0 Å². The molecule has 0 spiro atoms. The summed E-state index contributed by atoms with van der Waals surface area (Å²) in [4.78, 5) is 3.41. The van der Waals surface area contributed by atoms with Gasteiger partial charge in [0.15, 0.2) is 10.9 Å². The number of ether oxygens (including phenoxy) is 1. The van der Waals surface area contributed by atoms with Gasteiger partial charge in [-0.15, -0.1) is 0 Å². The lowest BCUT2D eigenvalue weighted by molar-refractivity contribution is 0.220. The molecule has 0 aromatic carbocycles. The van der Waals surface area contributed by atoms with Gasteiger partial charge < -0.3 is 9.84 Å². The van der Waals surface area contributed by atoms with Crippen molar-refractivity contribution < 1.29 is 14.2 Å². The Morgan fingerprint density at radius 1 is 1.62 bits per heavy atom. The smallest absolute Gasteiger partial charge is 0.206 e. The molecule has 1 aromatic rings. The van der Waals surface area contributed by atoms with Crippen molar-refractivity contribution in [1.82, 2.24) is 4.98 Å². The molecule has 0 amide bonds. The van der Waals surface area contributed by atoms with Crippen LogP contribution >= 0.6 is 11.6 Å². The summed E-state index contributed by atoms with van der Waals surface area (Å²) in [5, 5.41) is 8.87. The van der Waals surface area contributed by atoms with Gasteiger partial charge in [-0.1, -0.05) is 11.6 Å². The Balaban J connectivity index is 3.10. The third kappa shape index (κ3) is 2.21. The predicted octanol–water partition coefficient (Wildman–Crippen LogP) is 2.37. The van der Waals surface area contributed by atoms with Crippen LogP contribution in [0.15, 0.2) is 6.20 Å². The number of hydrogen-bond acceptors (Lipinski definition) is 3. The van der Waals surface area contributed by atoms with E-state index in [0.717, 1.165) is 6.20 Å². The average Bonchev–Trinajstić information content (AvgIpc) is 2.05. The van der Waals surface area contributed by atoms with Crippen molar-refractivity contribution in [1.29, 1.82) is 0 Å². The van der Waals surface area contributed by atoms with Crippen LogP contribution in [0.2, 0.25) is 5.15 Å². The monoisotopic (exact) mass is 205 g/mol. The van der Waals surface area contributed by atoms with Gasteiger partial charge in [0.05, 0.1) is 12.3 Å². The maximum atomic E-state index is 13.1. The Hall–Kier alpha value is -1.03. The van der Waals surface area contributed by atoms with Crippen LogP contribution in [0, 0.1) is 5.82 Å². The normalized spacial score (nSPS) is 10.5. The third-order valence-electron chi connectivity index (χ3n) is 1.27. The maximum Gasteiger partial charge on any atom is 0.206 e. The molecule has 1 aromatic heterocycles. The summed E-state index contributed by atoms with van der Waals surface area (Å²) in [5.74, 6) is -1.44. The number of hydrogen-bond donors (Lipinski definition) is 1. The minimum absolute atomic E-state index is 0.237. The molecule has 72 valence electrons. The molecule has 0 radical (unpaired) electrons. The maximum absolute atomic E-state index is 13.1. The number of pyridine rings is 1. The van der Waals surface area contributed by atoms with Crippen LogP contribution in [0.1, 0.15) is 13.8 Å². The lowest BCUT2D eigenvalue weighted by Gasteiger charge is -2.11. The molecule has 0 aliphatic rings. The third-order valence-corrected chi connectivity index (χ3v) is 1.53. The second kappa shape index (κ2) is 3.79. The summed E-state index contributed by atoms with van der Waals surface area (Å²) in [6, 6.07) is 0. The first-order chi connectivity index (χ1) is 6.02. The molecule has 0 fully saturated rings. The molecule has 13 heavy (non-hydrogen) atoms. The Bertz CT molecular complexity index is 317. The van der Waals surface area contributed by atoms with Crippen molar-refractivity contribution in [2.75, 3.05) is 0 Å². The van der Waals surface area contributed by atoms with E-state index < -0.39 is 5.82 Å². The molecule has 0 atom stereocenters. The van der Waals surface area contributed by atoms with E-state index in [-0.39, 0.29) is 22.8 Å². The molecule has 3 nitrogen and oxygen atoms in total. The summed E-state index contributed by atoms with van der Waals surface area (Å²) in [7, 11) is 0. The molecule has 0 aliphatic carbocycles. The molecule has 0 unspecified atom stereocenters. The van der Waals surface area contributed by atoms with Gasteiger partial charge in [-0.2, -0.15) is 4.39 Å². The SMILES string of the molecule is CC(C)Oc1c(O)cnc(Cl)c1F. The summed E-state index contributed by atoms with van der Waals surface area (Å²) >= 11 is 5.39. The van der Waals surface area contributed by atoms with E-state index in [0.29, 0.717) is 0 Å². The van der Waals surface area contributed by atoms with Gasteiger partial charge in [-0.25, -0.2) is 4.98 Å². The van der Waals surface area contributed by atoms with Gasteiger partial charge in [0.1, 0.15) is 0 Å². The van der Waals surface area contributed by atoms with E-state index >= 15 is 0 Å². The van der Waals surface area contributed by atoms with Crippen molar-refractivity contribution >= 4 is 11.6 Å². The van der Waals surface area contributed by atoms with Gasteiger partial charge in [0, 0.05) is 0 Å². The molecule has 1 N–H and O–H groups in total. The van der Waals surface area contributed by atoms with Crippen LogP contribution < -0.4 is 4.74 Å². The molecule has 5 heteroatoms. The van der Waals surface area contributed by atoms with E-state index in [1.807, 2.05) is 0 Å². The fourth-order valence-corrected chi connectivity index (χ4v) is 0.922. The second-order valence-corrected chi connectivity index (χ2v) is 3.10.